The Morgan fingerprint density at radius 3 is 2.86 bits per heavy atom. The van der Waals surface area contributed by atoms with Crippen molar-refractivity contribution in [3.8, 4) is 11.8 Å². The van der Waals surface area contributed by atoms with Gasteiger partial charge in [-0.25, -0.2) is 0 Å². The highest BCUT2D eigenvalue weighted by atomic mass is 32.1. The minimum Gasteiger partial charge on any atom is -0.258 e. The van der Waals surface area contributed by atoms with E-state index in [1.807, 2.05) is 0 Å². The molecule has 0 spiro atoms. The molecule has 0 aromatic heterocycles. The van der Waals surface area contributed by atoms with E-state index in [4.69, 9.17) is 0 Å². The van der Waals surface area contributed by atoms with Crippen LogP contribution < -0.4 is 0 Å². The summed E-state index contributed by atoms with van der Waals surface area (Å²) in [6.45, 7) is 1.70. The first-order valence-corrected chi connectivity index (χ1v) is 4.64. The normalized spacial score (nSPS) is 9.00. The molecule has 0 amide bonds. The first-order chi connectivity index (χ1) is 6.66. The summed E-state index contributed by atoms with van der Waals surface area (Å²) in [5.74, 6) is 6.04. The molecular weight excluding hydrogens is 198 g/mol. The number of thiol groups is 1. The van der Waals surface area contributed by atoms with Crippen LogP contribution in [-0.2, 0) is 0 Å². The Kier molecular flexibility index (Phi) is 3.55. The molecule has 0 radical (unpaired) electrons. The maximum absolute atomic E-state index is 10.6. The lowest BCUT2D eigenvalue weighted by Gasteiger charge is -1.98. The number of nitro groups is 1. The third-order valence-electron chi connectivity index (χ3n) is 1.80. The zero-order valence-corrected chi connectivity index (χ0v) is 8.54. The highest BCUT2D eigenvalue weighted by Gasteiger charge is 2.11. The van der Waals surface area contributed by atoms with Gasteiger partial charge in [-0.05, 0) is 13.0 Å². The number of hydrogen-bond donors (Lipinski definition) is 1. The molecular formula is C10H9NO2S. The van der Waals surface area contributed by atoms with Crippen LogP contribution >= 0.6 is 12.6 Å². The molecule has 14 heavy (non-hydrogen) atoms. The fraction of sp³-hybridized carbons (Fsp3) is 0.200. The monoisotopic (exact) mass is 207 g/mol. The smallest absolute Gasteiger partial charge is 0.258 e. The summed E-state index contributed by atoms with van der Waals surface area (Å²) in [4.78, 5) is 10.2. The van der Waals surface area contributed by atoms with Gasteiger partial charge in [0.25, 0.3) is 5.69 Å². The average Bonchev–Trinajstić information content (AvgIpc) is 2.16. The van der Waals surface area contributed by atoms with Gasteiger partial charge in [0.1, 0.15) is 0 Å². The van der Waals surface area contributed by atoms with Gasteiger partial charge < -0.3 is 0 Å². The molecule has 0 heterocycles. The minimum absolute atomic E-state index is 0.107. The fourth-order valence-corrected chi connectivity index (χ4v) is 1.17. The van der Waals surface area contributed by atoms with Crippen molar-refractivity contribution >= 4 is 18.3 Å². The zero-order valence-electron chi connectivity index (χ0n) is 7.65. The van der Waals surface area contributed by atoms with Gasteiger partial charge in [-0.15, -0.1) is 0 Å². The second-order valence-corrected chi connectivity index (χ2v) is 2.98. The van der Waals surface area contributed by atoms with Crippen LogP contribution in [0, 0.1) is 28.9 Å². The second-order valence-electron chi connectivity index (χ2n) is 2.67. The molecule has 0 aliphatic carbocycles. The topological polar surface area (TPSA) is 43.1 Å². The van der Waals surface area contributed by atoms with Gasteiger partial charge in [-0.1, -0.05) is 17.9 Å². The molecule has 0 bridgehead atoms. The molecule has 0 saturated heterocycles. The van der Waals surface area contributed by atoms with Crippen LogP contribution in [0.15, 0.2) is 18.2 Å². The van der Waals surface area contributed by atoms with Gasteiger partial charge in [-0.3, -0.25) is 10.1 Å². The maximum atomic E-state index is 10.6. The Bertz CT molecular complexity index is 418. The Balaban J connectivity index is 3.20. The highest BCUT2D eigenvalue weighted by Crippen LogP contribution is 2.19. The fourth-order valence-electron chi connectivity index (χ4n) is 1.09. The van der Waals surface area contributed by atoms with E-state index in [-0.39, 0.29) is 5.69 Å². The van der Waals surface area contributed by atoms with Crippen molar-refractivity contribution in [3.05, 3.63) is 39.4 Å². The van der Waals surface area contributed by atoms with Crippen molar-refractivity contribution in [2.45, 2.75) is 6.92 Å². The van der Waals surface area contributed by atoms with Crippen molar-refractivity contribution in [3.63, 3.8) is 0 Å². The summed E-state index contributed by atoms with van der Waals surface area (Å²) in [6, 6.07) is 4.87. The molecule has 72 valence electrons. The SMILES string of the molecule is Cc1c(C#CCS)cccc1[N+](=O)[O-]. The summed E-state index contributed by atoms with van der Waals surface area (Å²) in [7, 11) is 0. The van der Waals surface area contributed by atoms with Crippen molar-refractivity contribution < 1.29 is 4.92 Å². The van der Waals surface area contributed by atoms with E-state index in [0.29, 0.717) is 16.9 Å². The number of nitrogens with zero attached hydrogens (tertiary/aromatic N) is 1. The molecule has 0 fully saturated rings. The molecule has 0 unspecified atom stereocenters. The molecule has 0 aliphatic rings. The maximum Gasteiger partial charge on any atom is 0.273 e. The van der Waals surface area contributed by atoms with Crippen LogP contribution in [0.3, 0.4) is 0 Å². The quantitative estimate of drug-likeness (QED) is 0.332. The lowest BCUT2D eigenvalue weighted by atomic mass is 10.1. The lowest BCUT2D eigenvalue weighted by Crippen LogP contribution is -1.93. The van der Waals surface area contributed by atoms with Crippen LogP contribution in [0.2, 0.25) is 0 Å². The van der Waals surface area contributed by atoms with E-state index in [1.165, 1.54) is 6.07 Å². The Hall–Kier alpha value is -1.47. The van der Waals surface area contributed by atoms with Gasteiger partial charge in [-0.2, -0.15) is 12.6 Å². The van der Waals surface area contributed by atoms with Gasteiger partial charge >= 0.3 is 0 Å². The number of rotatable bonds is 1. The van der Waals surface area contributed by atoms with Crippen LogP contribution in [0.4, 0.5) is 5.69 Å². The largest absolute Gasteiger partial charge is 0.273 e. The van der Waals surface area contributed by atoms with Crippen LogP contribution in [0.25, 0.3) is 0 Å². The molecule has 1 aromatic rings. The summed E-state index contributed by atoms with van der Waals surface area (Å²) < 4.78 is 0. The number of benzene rings is 1. The molecule has 0 N–H and O–H groups in total. The first-order valence-electron chi connectivity index (χ1n) is 4.00. The van der Waals surface area contributed by atoms with Crippen molar-refractivity contribution in [2.75, 3.05) is 5.75 Å². The molecule has 1 aromatic carbocycles. The predicted octanol–water partition coefficient (Wildman–Crippen LogP) is 2.18. The van der Waals surface area contributed by atoms with Crippen LogP contribution in [0.1, 0.15) is 11.1 Å². The predicted molar refractivity (Wildman–Crippen MR) is 58.6 cm³/mol. The molecule has 0 saturated carbocycles. The average molecular weight is 207 g/mol. The molecule has 0 atom stereocenters. The van der Waals surface area contributed by atoms with Crippen LogP contribution in [-0.4, -0.2) is 10.7 Å². The molecule has 3 nitrogen and oxygen atoms in total. The Morgan fingerprint density at radius 2 is 2.29 bits per heavy atom. The Labute approximate surface area is 87.7 Å². The molecule has 0 aliphatic heterocycles. The zero-order chi connectivity index (χ0) is 10.6. The Morgan fingerprint density at radius 1 is 1.57 bits per heavy atom. The minimum atomic E-state index is -0.402. The second kappa shape index (κ2) is 4.68. The van der Waals surface area contributed by atoms with Gasteiger partial charge in [0.05, 0.1) is 10.7 Å². The van der Waals surface area contributed by atoms with Crippen molar-refractivity contribution in [1.29, 1.82) is 0 Å². The summed E-state index contributed by atoms with van der Waals surface area (Å²) in [5, 5.41) is 10.6. The van der Waals surface area contributed by atoms with E-state index in [9.17, 15) is 10.1 Å². The van der Waals surface area contributed by atoms with E-state index in [1.54, 1.807) is 19.1 Å². The van der Waals surface area contributed by atoms with E-state index >= 15 is 0 Å². The van der Waals surface area contributed by atoms with Gasteiger partial charge in [0, 0.05) is 17.2 Å². The lowest BCUT2D eigenvalue weighted by molar-refractivity contribution is -0.385. The number of hydrogen-bond acceptors (Lipinski definition) is 3. The van der Waals surface area contributed by atoms with E-state index < -0.39 is 4.92 Å². The van der Waals surface area contributed by atoms with E-state index in [0.717, 1.165) is 0 Å². The summed E-state index contributed by atoms with van der Waals surface area (Å²) >= 11 is 3.94. The van der Waals surface area contributed by atoms with Crippen LogP contribution in [0.5, 0.6) is 0 Å². The number of nitro benzene ring substituents is 1. The van der Waals surface area contributed by atoms with Gasteiger partial charge in [0.2, 0.25) is 0 Å². The first kappa shape index (κ1) is 10.6. The van der Waals surface area contributed by atoms with E-state index in [2.05, 4.69) is 24.5 Å². The summed E-state index contributed by atoms with van der Waals surface area (Å²) in [6.07, 6.45) is 0. The van der Waals surface area contributed by atoms with Crippen molar-refractivity contribution in [2.24, 2.45) is 0 Å². The summed E-state index contributed by atoms with van der Waals surface area (Å²) in [5.41, 5.74) is 1.40. The third-order valence-corrected chi connectivity index (χ3v) is 1.96. The van der Waals surface area contributed by atoms with Crippen molar-refractivity contribution in [1.82, 2.24) is 0 Å². The standard InChI is InChI=1S/C10H9NO2S/c1-8-9(5-3-7-14)4-2-6-10(8)11(12)13/h2,4,6,14H,7H2,1H3. The molecule has 1 rings (SSSR count). The third kappa shape index (κ3) is 2.27. The highest BCUT2D eigenvalue weighted by molar-refractivity contribution is 7.80. The van der Waals surface area contributed by atoms with Gasteiger partial charge in [0.15, 0.2) is 0 Å². The molecule has 4 heteroatoms.